The first-order valence-corrected chi connectivity index (χ1v) is 12.2. The number of ether oxygens (including phenoxy) is 4. The summed E-state index contributed by atoms with van der Waals surface area (Å²) in [6.45, 7) is 5.48. The van der Waals surface area contributed by atoms with Crippen LogP contribution in [-0.4, -0.2) is 18.2 Å². The van der Waals surface area contributed by atoms with Gasteiger partial charge in [0, 0.05) is 29.6 Å². The highest BCUT2D eigenvalue weighted by molar-refractivity contribution is 5.74. The number of nitrogens with zero attached hydrogens (tertiary/aromatic N) is 3. The van der Waals surface area contributed by atoms with Crippen molar-refractivity contribution in [2.45, 2.75) is 27.1 Å². The molecule has 3 aromatic carbocycles. The molecular weight excluding hydrogens is 478 g/mol. The molecule has 0 N–H and O–H groups in total. The Bertz CT molecular complexity index is 1580. The molecule has 7 nitrogen and oxygen atoms in total. The highest BCUT2D eigenvalue weighted by Crippen LogP contribution is 2.36. The summed E-state index contributed by atoms with van der Waals surface area (Å²) in [7, 11) is 0. The Hall–Kier alpha value is -5.01. The van der Waals surface area contributed by atoms with Gasteiger partial charge in [-0.05, 0) is 60.4 Å². The van der Waals surface area contributed by atoms with Crippen LogP contribution in [0.1, 0.15) is 33.4 Å². The number of rotatable bonds is 7. The van der Waals surface area contributed by atoms with Crippen LogP contribution >= 0.6 is 0 Å². The van der Waals surface area contributed by atoms with Crippen LogP contribution in [0, 0.1) is 36.5 Å². The van der Waals surface area contributed by atoms with Crippen molar-refractivity contribution in [2.75, 3.05) is 13.2 Å². The van der Waals surface area contributed by atoms with Gasteiger partial charge in [0.2, 0.25) is 0 Å². The van der Waals surface area contributed by atoms with Gasteiger partial charge in [-0.15, -0.1) is 0 Å². The van der Waals surface area contributed by atoms with E-state index in [1.165, 1.54) is 6.20 Å². The van der Waals surface area contributed by atoms with Gasteiger partial charge >= 0.3 is 0 Å². The highest BCUT2D eigenvalue weighted by Gasteiger charge is 2.16. The Morgan fingerprint density at radius 3 is 2.34 bits per heavy atom. The van der Waals surface area contributed by atoms with Crippen molar-refractivity contribution in [1.82, 2.24) is 4.98 Å². The molecule has 4 aromatic rings. The van der Waals surface area contributed by atoms with Crippen molar-refractivity contribution < 1.29 is 18.9 Å². The van der Waals surface area contributed by atoms with E-state index in [1.54, 1.807) is 12.3 Å². The molecule has 0 spiro atoms. The maximum atomic E-state index is 10.0. The van der Waals surface area contributed by atoms with Crippen LogP contribution in [0.15, 0.2) is 67.0 Å². The van der Waals surface area contributed by atoms with Crippen LogP contribution in [0.5, 0.6) is 23.0 Å². The summed E-state index contributed by atoms with van der Waals surface area (Å²) in [5.41, 5.74) is 6.25. The number of hydrogen-bond acceptors (Lipinski definition) is 7. The lowest BCUT2D eigenvalue weighted by atomic mass is 9.96. The first-order valence-electron chi connectivity index (χ1n) is 12.2. The van der Waals surface area contributed by atoms with Crippen molar-refractivity contribution >= 4 is 0 Å². The average Bonchev–Trinajstić information content (AvgIpc) is 2.95. The second-order valence-corrected chi connectivity index (χ2v) is 8.96. The number of pyridine rings is 1. The lowest BCUT2D eigenvalue weighted by Crippen LogP contribution is -2.15. The molecule has 5 rings (SSSR count). The standard InChI is InChI=1S/C31H25N3O4/c1-20-10-21(2)30(13-29(20)37-18-23-11-22(14-32)16-34-17-23)38-19-25-4-3-5-26(27(25)15-33)24-6-7-28-31(12-24)36-9-8-35-28/h3-7,10-13,16-17H,8-9,18-19H2,1-2H3. The molecule has 0 unspecified atom stereocenters. The van der Waals surface area contributed by atoms with Gasteiger partial charge in [-0.25, -0.2) is 0 Å². The molecule has 1 aliphatic rings. The van der Waals surface area contributed by atoms with Crippen LogP contribution < -0.4 is 18.9 Å². The van der Waals surface area contributed by atoms with E-state index in [2.05, 4.69) is 17.1 Å². The molecule has 0 bridgehead atoms. The van der Waals surface area contributed by atoms with Crippen LogP contribution in [0.3, 0.4) is 0 Å². The van der Waals surface area contributed by atoms with Gasteiger partial charge in [-0.2, -0.15) is 10.5 Å². The summed E-state index contributed by atoms with van der Waals surface area (Å²) in [5.74, 6) is 2.73. The minimum absolute atomic E-state index is 0.221. The zero-order valence-corrected chi connectivity index (χ0v) is 21.2. The zero-order chi connectivity index (χ0) is 26.5. The van der Waals surface area contributed by atoms with Gasteiger partial charge in [0.25, 0.3) is 0 Å². The lowest BCUT2D eigenvalue weighted by Gasteiger charge is -2.19. The Morgan fingerprint density at radius 1 is 0.816 bits per heavy atom. The topological polar surface area (TPSA) is 97.4 Å². The quantitative estimate of drug-likeness (QED) is 0.303. The Labute approximate surface area is 221 Å². The zero-order valence-electron chi connectivity index (χ0n) is 21.2. The minimum Gasteiger partial charge on any atom is -0.488 e. The third-order valence-electron chi connectivity index (χ3n) is 6.29. The van der Waals surface area contributed by atoms with E-state index in [1.807, 2.05) is 62.4 Å². The maximum absolute atomic E-state index is 10.0. The molecule has 0 fully saturated rings. The molecule has 38 heavy (non-hydrogen) atoms. The smallest absolute Gasteiger partial charge is 0.161 e. The number of hydrogen-bond donors (Lipinski definition) is 0. The van der Waals surface area contributed by atoms with Gasteiger partial charge in [0.05, 0.1) is 11.1 Å². The molecule has 0 radical (unpaired) electrons. The van der Waals surface area contributed by atoms with Crippen LogP contribution in [-0.2, 0) is 13.2 Å². The molecule has 0 amide bonds. The van der Waals surface area contributed by atoms with E-state index >= 15 is 0 Å². The number of aromatic nitrogens is 1. The summed E-state index contributed by atoms with van der Waals surface area (Å²) in [6.07, 6.45) is 3.20. The third kappa shape index (κ3) is 5.23. The Balaban J connectivity index is 1.35. The summed E-state index contributed by atoms with van der Waals surface area (Å²) in [6, 6.07) is 21.5. The number of nitriles is 2. The van der Waals surface area contributed by atoms with Crippen LogP contribution in [0.4, 0.5) is 0 Å². The van der Waals surface area contributed by atoms with Gasteiger partial charge in [0.1, 0.15) is 50.1 Å². The average molecular weight is 504 g/mol. The fraction of sp³-hybridized carbons (Fsp3) is 0.194. The Morgan fingerprint density at radius 2 is 1.58 bits per heavy atom. The fourth-order valence-corrected chi connectivity index (χ4v) is 4.37. The van der Waals surface area contributed by atoms with Gasteiger partial charge in [-0.3, -0.25) is 4.98 Å². The minimum atomic E-state index is 0.221. The summed E-state index contributed by atoms with van der Waals surface area (Å²) >= 11 is 0. The molecule has 188 valence electrons. The second-order valence-electron chi connectivity index (χ2n) is 8.96. The van der Waals surface area contributed by atoms with E-state index in [4.69, 9.17) is 24.2 Å². The van der Waals surface area contributed by atoms with Crippen LogP contribution in [0.25, 0.3) is 11.1 Å². The van der Waals surface area contributed by atoms with Crippen molar-refractivity contribution in [2.24, 2.45) is 0 Å². The molecule has 0 aliphatic carbocycles. The van der Waals surface area contributed by atoms with E-state index in [0.29, 0.717) is 47.3 Å². The fourth-order valence-electron chi connectivity index (χ4n) is 4.37. The maximum Gasteiger partial charge on any atom is 0.161 e. The predicted octanol–water partition coefficient (Wildman–Crippen LogP) is 6.04. The lowest BCUT2D eigenvalue weighted by molar-refractivity contribution is 0.171. The van der Waals surface area contributed by atoms with Gasteiger partial charge in [0.15, 0.2) is 11.5 Å². The first-order chi connectivity index (χ1) is 18.6. The SMILES string of the molecule is Cc1cc(C)c(OCc2cccc(-c3ccc4c(c3)OCCO4)c2C#N)cc1OCc1cncc(C#N)c1. The summed E-state index contributed by atoms with van der Waals surface area (Å²) in [4.78, 5) is 4.08. The normalized spacial score (nSPS) is 11.8. The number of fused-ring (bicyclic) bond motifs is 1. The van der Waals surface area contributed by atoms with Gasteiger partial charge < -0.3 is 18.9 Å². The van der Waals surface area contributed by atoms with Crippen molar-refractivity contribution in [3.05, 3.63) is 100 Å². The molecule has 0 saturated carbocycles. The molecule has 2 heterocycles. The van der Waals surface area contributed by atoms with Crippen LogP contribution in [0.2, 0.25) is 0 Å². The molecule has 0 atom stereocenters. The summed E-state index contributed by atoms with van der Waals surface area (Å²) < 4.78 is 23.6. The van der Waals surface area contributed by atoms with Crippen molar-refractivity contribution in [3.8, 4) is 46.3 Å². The molecule has 7 heteroatoms. The monoisotopic (exact) mass is 503 g/mol. The first kappa shape index (κ1) is 24.7. The van der Waals surface area contributed by atoms with E-state index in [-0.39, 0.29) is 13.2 Å². The third-order valence-corrected chi connectivity index (χ3v) is 6.29. The Kier molecular flexibility index (Phi) is 7.10. The molecular formula is C31H25N3O4. The number of benzene rings is 3. The largest absolute Gasteiger partial charge is 0.488 e. The summed E-state index contributed by atoms with van der Waals surface area (Å²) in [5, 5.41) is 19.1. The van der Waals surface area contributed by atoms with E-state index in [0.717, 1.165) is 33.4 Å². The van der Waals surface area contributed by atoms with Crippen molar-refractivity contribution in [3.63, 3.8) is 0 Å². The highest BCUT2D eigenvalue weighted by atomic mass is 16.6. The predicted molar refractivity (Wildman–Crippen MR) is 141 cm³/mol. The molecule has 1 aromatic heterocycles. The van der Waals surface area contributed by atoms with Crippen molar-refractivity contribution in [1.29, 1.82) is 10.5 Å². The van der Waals surface area contributed by atoms with E-state index in [9.17, 15) is 5.26 Å². The number of aryl methyl sites for hydroxylation is 2. The molecule has 0 saturated heterocycles. The molecule has 1 aliphatic heterocycles. The second kappa shape index (κ2) is 10.9. The van der Waals surface area contributed by atoms with Gasteiger partial charge in [-0.1, -0.05) is 24.3 Å². The van der Waals surface area contributed by atoms with E-state index < -0.39 is 0 Å².